The van der Waals surface area contributed by atoms with E-state index >= 15 is 0 Å². The second-order valence-corrected chi connectivity index (χ2v) is 6.21. The van der Waals surface area contributed by atoms with Gasteiger partial charge in [-0.3, -0.25) is 9.79 Å². The summed E-state index contributed by atoms with van der Waals surface area (Å²) in [5.41, 5.74) is 1.62. The van der Waals surface area contributed by atoms with Gasteiger partial charge in [0, 0.05) is 50.0 Å². The maximum Gasteiger partial charge on any atom is 0.226 e. The highest BCUT2D eigenvalue weighted by molar-refractivity contribution is 14.0. The monoisotopic (exact) mass is 510 g/mol. The molecule has 3 N–H and O–H groups in total. The molecule has 0 bridgehead atoms. The molecule has 0 aliphatic carbocycles. The first-order valence-corrected chi connectivity index (χ1v) is 9.61. The summed E-state index contributed by atoms with van der Waals surface area (Å²) in [5.74, 6) is 0.672. The lowest BCUT2D eigenvalue weighted by Crippen LogP contribution is -2.38. The van der Waals surface area contributed by atoms with Crippen molar-refractivity contribution in [2.75, 3.05) is 38.2 Å². The molecule has 27 heavy (non-hydrogen) atoms. The number of halogens is 2. The number of anilines is 1. The van der Waals surface area contributed by atoms with Crippen LogP contribution in [0.5, 0.6) is 0 Å². The molecule has 1 aromatic rings. The van der Waals surface area contributed by atoms with Gasteiger partial charge in [-0.05, 0) is 51.3 Å². The van der Waals surface area contributed by atoms with Crippen molar-refractivity contribution in [1.82, 2.24) is 10.6 Å². The van der Waals surface area contributed by atoms with Gasteiger partial charge in [0.1, 0.15) is 0 Å². The van der Waals surface area contributed by atoms with Gasteiger partial charge in [-0.2, -0.15) is 0 Å². The second kappa shape index (κ2) is 15.9. The zero-order valence-electron chi connectivity index (χ0n) is 16.4. The summed E-state index contributed by atoms with van der Waals surface area (Å²) < 4.78 is 5.31. The molecule has 1 aromatic carbocycles. The number of aliphatic imine (C=N–C) groups is 1. The smallest absolute Gasteiger partial charge is 0.226 e. The molecule has 0 aliphatic rings. The van der Waals surface area contributed by atoms with E-state index in [2.05, 4.69) is 20.9 Å². The summed E-state index contributed by atoms with van der Waals surface area (Å²) in [5, 5.41) is 9.91. The summed E-state index contributed by atoms with van der Waals surface area (Å²) in [7, 11) is 0. The number of hydrogen-bond acceptors (Lipinski definition) is 3. The first-order valence-electron chi connectivity index (χ1n) is 9.23. The highest BCUT2D eigenvalue weighted by Crippen LogP contribution is 2.22. The van der Waals surface area contributed by atoms with Crippen LogP contribution in [0.1, 0.15) is 38.7 Å². The molecular weight excluding hydrogens is 479 g/mol. The van der Waals surface area contributed by atoms with Crippen molar-refractivity contribution in [2.24, 2.45) is 4.99 Å². The second-order valence-electron chi connectivity index (χ2n) is 5.80. The zero-order chi connectivity index (χ0) is 19.2. The molecule has 0 saturated carbocycles. The van der Waals surface area contributed by atoms with E-state index in [4.69, 9.17) is 16.3 Å². The SMILES string of the molecule is CCNC(=NCCCCOCC)NCCC(=O)Nc1cccc(Cl)c1C.I. The minimum absolute atomic E-state index is 0. The Hall–Kier alpha value is -1.06. The fraction of sp³-hybridized carbons (Fsp3) is 0.579. The third-order valence-electron chi connectivity index (χ3n) is 3.70. The van der Waals surface area contributed by atoms with Crippen LogP contribution in [0.3, 0.4) is 0 Å². The number of amides is 1. The molecule has 154 valence electrons. The van der Waals surface area contributed by atoms with Crippen LogP contribution in [0.25, 0.3) is 0 Å². The molecule has 0 aliphatic heterocycles. The minimum atomic E-state index is -0.0598. The number of hydrogen-bond donors (Lipinski definition) is 3. The molecule has 0 fully saturated rings. The largest absolute Gasteiger partial charge is 0.382 e. The van der Waals surface area contributed by atoms with Crippen molar-refractivity contribution >= 4 is 53.1 Å². The Kier molecular flexibility index (Phi) is 15.3. The fourth-order valence-electron chi connectivity index (χ4n) is 2.24. The summed E-state index contributed by atoms with van der Waals surface area (Å²) in [6.07, 6.45) is 2.32. The number of ether oxygens (including phenoxy) is 1. The van der Waals surface area contributed by atoms with Crippen LogP contribution in [0.4, 0.5) is 5.69 Å². The lowest BCUT2D eigenvalue weighted by atomic mass is 10.2. The van der Waals surface area contributed by atoms with Gasteiger partial charge in [0.05, 0.1) is 0 Å². The Morgan fingerprint density at radius 2 is 2.00 bits per heavy atom. The minimum Gasteiger partial charge on any atom is -0.382 e. The summed E-state index contributed by atoms with van der Waals surface area (Å²) >= 11 is 6.07. The Balaban J connectivity index is 0.00000676. The summed E-state index contributed by atoms with van der Waals surface area (Å²) in [6, 6.07) is 5.48. The van der Waals surface area contributed by atoms with Gasteiger partial charge in [-0.25, -0.2) is 0 Å². The van der Waals surface area contributed by atoms with Gasteiger partial charge in [-0.1, -0.05) is 17.7 Å². The topological polar surface area (TPSA) is 74.8 Å². The van der Waals surface area contributed by atoms with Crippen LogP contribution < -0.4 is 16.0 Å². The molecule has 0 unspecified atom stereocenters. The first kappa shape index (κ1) is 25.9. The molecule has 0 heterocycles. The number of unbranched alkanes of at least 4 members (excludes halogenated alkanes) is 1. The van der Waals surface area contributed by atoms with Gasteiger partial charge in [0.2, 0.25) is 5.91 Å². The third kappa shape index (κ3) is 11.4. The third-order valence-corrected chi connectivity index (χ3v) is 4.11. The first-order chi connectivity index (χ1) is 12.6. The van der Waals surface area contributed by atoms with Crippen LogP contribution >= 0.6 is 35.6 Å². The van der Waals surface area contributed by atoms with Gasteiger partial charge in [0.25, 0.3) is 0 Å². The van der Waals surface area contributed by atoms with Crippen molar-refractivity contribution in [3.05, 3.63) is 28.8 Å². The molecule has 0 atom stereocenters. The number of carbonyl (C=O) groups excluding carboxylic acids is 1. The van der Waals surface area contributed by atoms with Crippen molar-refractivity contribution in [1.29, 1.82) is 0 Å². The fourth-order valence-corrected chi connectivity index (χ4v) is 2.42. The number of carbonyl (C=O) groups is 1. The van der Waals surface area contributed by atoms with E-state index in [-0.39, 0.29) is 29.9 Å². The normalized spacial score (nSPS) is 10.9. The number of benzene rings is 1. The highest BCUT2D eigenvalue weighted by atomic mass is 127. The van der Waals surface area contributed by atoms with E-state index in [0.29, 0.717) is 18.0 Å². The molecule has 1 amide bonds. The average Bonchev–Trinajstić information content (AvgIpc) is 2.62. The van der Waals surface area contributed by atoms with Gasteiger partial charge in [0.15, 0.2) is 5.96 Å². The van der Waals surface area contributed by atoms with Crippen LogP contribution in [-0.2, 0) is 9.53 Å². The van der Waals surface area contributed by atoms with Crippen LogP contribution in [-0.4, -0.2) is 44.7 Å². The van der Waals surface area contributed by atoms with Crippen molar-refractivity contribution in [3.63, 3.8) is 0 Å². The van der Waals surface area contributed by atoms with Crippen LogP contribution in [0.15, 0.2) is 23.2 Å². The van der Waals surface area contributed by atoms with E-state index in [0.717, 1.165) is 56.4 Å². The average molecular weight is 511 g/mol. The predicted octanol–water partition coefficient (Wildman–Crippen LogP) is 3.97. The van der Waals surface area contributed by atoms with Crippen LogP contribution in [0, 0.1) is 6.92 Å². The van der Waals surface area contributed by atoms with E-state index in [1.165, 1.54) is 0 Å². The molecule has 8 heteroatoms. The Morgan fingerprint density at radius 3 is 2.70 bits per heavy atom. The zero-order valence-corrected chi connectivity index (χ0v) is 19.5. The van der Waals surface area contributed by atoms with Crippen molar-refractivity contribution in [2.45, 2.75) is 40.0 Å². The maximum atomic E-state index is 12.1. The highest BCUT2D eigenvalue weighted by Gasteiger charge is 2.07. The quantitative estimate of drug-likeness (QED) is 0.182. The van der Waals surface area contributed by atoms with Gasteiger partial charge in [-0.15, -0.1) is 24.0 Å². The number of nitrogens with one attached hydrogen (secondary N) is 3. The van der Waals surface area contributed by atoms with Gasteiger partial charge < -0.3 is 20.7 Å². The van der Waals surface area contributed by atoms with E-state index in [1.807, 2.05) is 39.0 Å². The van der Waals surface area contributed by atoms with Crippen molar-refractivity contribution in [3.8, 4) is 0 Å². The van der Waals surface area contributed by atoms with E-state index in [9.17, 15) is 4.79 Å². The molecule has 6 nitrogen and oxygen atoms in total. The molecular formula is C19H32ClIN4O2. The lowest BCUT2D eigenvalue weighted by molar-refractivity contribution is -0.116. The Labute approximate surface area is 184 Å². The Morgan fingerprint density at radius 1 is 1.22 bits per heavy atom. The number of nitrogens with zero attached hydrogens (tertiary/aromatic N) is 1. The van der Waals surface area contributed by atoms with Crippen molar-refractivity contribution < 1.29 is 9.53 Å². The standard InChI is InChI=1S/C19H31ClN4O2.HI/c1-4-21-19(22-12-6-7-14-26-5-2)23-13-11-18(25)24-17-10-8-9-16(20)15(17)3;/h8-10H,4-7,11-14H2,1-3H3,(H,24,25)(H2,21,22,23);1H. The number of rotatable bonds is 11. The molecule has 0 spiro atoms. The molecule has 0 saturated heterocycles. The summed E-state index contributed by atoms with van der Waals surface area (Å²) in [6.45, 7) is 9.45. The maximum absolute atomic E-state index is 12.1. The predicted molar refractivity (Wildman–Crippen MR) is 125 cm³/mol. The Bertz CT molecular complexity index is 585. The van der Waals surface area contributed by atoms with Gasteiger partial charge >= 0.3 is 0 Å². The molecule has 1 rings (SSSR count). The van der Waals surface area contributed by atoms with E-state index < -0.39 is 0 Å². The van der Waals surface area contributed by atoms with Crippen LogP contribution in [0.2, 0.25) is 5.02 Å². The number of guanidine groups is 1. The lowest BCUT2D eigenvalue weighted by Gasteiger charge is -2.12. The molecule has 0 radical (unpaired) electrons. The summed E-state index contributed by atoms with van der Waals surface area (Å²) in [4.78, 5) is 16.6. The molecule has 0 aromatic heterocycles. The van der Waals surface area contributed by atoms with E-state index in [1.54, 1.807) is 0 Å².